The highest BCUT2D eigenvalue weighted by Crippen LogP contribution is 2.40. The van der Waals surface area contributed by atoms with Gasteiger partial charge in [-0.3, -0.25) is 4.68 Å². The summed E-state index contributed by atoms with van der Waals surface area (Å²) >= 11 is 7.25. The first-order valence-corrected chi connectivity index (χ1v) is 11.2. The Morgan fingerprint density at radius 3 is 2.86 bits per heavy atom. The summed E-state index contributed by atoms with van der Waals surface area (Å²) in [5, 5.41) is 12.3. The van der Waals surface area contributed by atoms with Crippen molar-refractivity contribution >= 4 is 39.6 Å². The Labute approximate surface area is 182 Å². The molecule has 2 aromatic heterocycles. The van der Waals surface area contributed by atoms with Crippen molar-refractivity contribution in [1.82, 2.24) is 15.1 Å². The Hall–Kier alpha value is -1.93. The maximum Gasteiger partial charge on any atom is 0.341 e. The zero-order valence-electron chi connectivity index (χ0n) is 17.7. The average Bonchev–Trinajstić information content (AvgIpc) is 3.26. The Morgan fingerprint density at radius 2 is 2.24 bits per heavy atom. The van der Waals surface area contributed by atoms with Crippen molar-refractivity contribution in [2.24, 2.45) is 11.3 Å². The second-order valence-electron chi connectivity index (χ2n) is 8.79. The lowest BCUT2D eigenvalue weighted by Crippen LogP contribution is -2.48. The smallest absolute Gasteiger partial charge is 0.341 e. The van der Waals surface area contributed by atoms with E-state index in [1.807, 2.05) is 16.9 Å². The van der Waals surface area contributed by atoms with Crippen molar-refractivity contribution in [3.05, 3.63) is 34.5 Å². The third kappa shape index (κ3) is 5.17. The number of hydrogen-bond acceptors (Lipinski definition) is 5. The van der Waals surface area contributed by atoms with Crippen molar-refractivity contribution in [2.75, 3.05) is 12.4 Å². The number of carbonyl (C=O) groups excluding carboxylic acids is 1. The summed E-state index contributed by atoms with van der Waals surface area (Å²) in [6, 6.07) is 1.98. The predicted molar refractivity (Wildman–Crippen MR) is 122 cm³/mol. The van der Waals surface area contributed by atoms with E-state index >= 15 is 0 Å². The first-order chi connectivity index (χ1) is 13.7. The molecule has 2 N–H and O–H groups in total. The first-order valence-electron chi connectivity index (χ1n) is 9.96. The molecule has 2 aromatic rings. The van der Waals surface area contributed by atoms with Crippen molar-refractivity contribution in [2.45, 2.75) is 59.5 Å². The topological polar surface area (TPSA) is 68.2 Å². The summed E-state index contributed by atoms with van der Waals surface area (Å²) in [6.07, 6.45) is 6.71. The zero-order valence-corrected chi connectivity index (χ0v) is 19.4. The van der Waals surface area contributed by atoms with Crippen LogP contribution in [-0.2, 0) is 24.1 Å². The van der Waals surface area contributed by atoms with Crippen molar-refractivity contribution in [3.63, 3.8) is 0 Å². The second kappa shape index (κ2) is 8.83. The molecule has 158 valence electrons. The molecular formula is C21H30N4O2S2. The van der Waals surface area contributed by atoms with E-state index in [1.165, 1.54) is 12.0 Å². The zero-order chi connectivity index (χ0) is 21.2. The molecule has 1 aliphatic carbocycles. The van der Waals surface area contributed by atoms with Crippen LogP contribution >= 0.6 is 23.6 Å². The summed E-state index contributed by atoms with van der Waals surface area (Å²) in [6.45, 7) is 9.45. The van der Waals surface area contributed by atoms with Crippen LogP contribution in [0.2, 0.25) is 0 Å². The maximum atomic E-state index is 12.5. The molecule has 0 amide bonds. The molecule has 0 fully saturated rings. The number of nitrogens with zero attached hydrogens (tertiary/aromatic N) is 2. The maximum absolute atomic E-state index is 12.5. The fourth-order valence-corrected chi connectivity index (χ4v) is 5.30. The first kappa shape index (κ1) is 21.8. The van der Waals surface area contributed by atoms with Crippen LogP contribution in [0, 0.1) is 11.3 Å². The summed E-state index contributed by atoms with van der Waals surface area (Å²) in [5.74, 6) is 0.329. The van der Waals surface area contributed by atoms with Gasteiger partial charge in [0.25, 0.3) is 0 Å². The van der Waals surface area contributed by atoms with Gasteiger partial charge >= 0.3 is 5.97 Å². The standard InChI is InChI=1S/C21H30N4O2S2/c1-13-7-8-14-15(11-13)29-18(17(14)19(26)27-5)24-20(28)23-16(21(2,3)4)12-25-10-6-9-22-25/h6,9-10,13,16H,7-8,11-12H2,1-5H3,(H2,23,24,28). The van der Waals surface area contributed by atoms with Gasteiger partial charge in [-0.25, -0.2) is 4.79 Å². The SMILES string of the molecule is COC(=O)c1c(NC(=S)NC(Cn2cccn2)C(C)(C)C)sc2c1CCC(C)C2. The molecule has 0 aliphatic heterocycles. The molecule has 0 aromatic carbocycles. The lowest BCUT2D eigenvalue weighted by molar-refractivity contribution is 0.0601. The monoisotopic (exact) mass is 434 g/mol. The van der Waals surface area contributed by atoms with Crippen LogP contribution in [0.3, 0.4) is 0 Å². The highest BCUT2D eigenvalue weighted by molar-refractivity contribution is 7.80. The van der Waals surface area contributed by atoms with Gasteiger partial charge in [0.15, 0.2) is 5.11 Å². The van der Waals surface area contributed by atoms with Crippen molar-refractivity contribution in [1.29, 1.82) is 0 Å². The van der Waals surface area contributed by atoms with E-state index in [0.717, 1.165) is 29.8 Å². The number of nitrogens with one attached hydrogen (secondary N) is 2. The quantitative estimate of drug-likeness (QED) is 0.541. The highest BCUT2D eigenvalue weighted by Gasteiger charge is 2.30. The predicted octanol–water partition coefficient (Wildman–Crippen LogP) is 4.26. The number of hydrogen-bond donors (Lipinski definition) is 2. The molecule has 2 heterocycles. The molecule has 0 saturated carbocycles. The molecule has 6 nitrogen and oxygen atoms in total. The van der Waals surface area contributed by atoms with Gasteiger partial charge in [-0.15, -0.1) is 11.3 Å². The van der Waals surface area contributed by atoms with Crippen LogP contribution in [0.15, 0.2) is 18.5 Å². The molecule has 29 heavy (non-hydrogen) atoms. The molecule has 2 atom stereocenters. The van der Waals surface area contributed by atoms with Gasteiger partial charge < -0.3 is 15.4 Å². The summed E-state index contributed by atoms with van der Waals surface area (Å²) in [7, 11) is 1.43. The van der Waals surface area contributed by atoms with Gasteiger partial charge in [0, 0.05) is 17.3 Å². The molecule has 0 spiro atoms. The Morgan fingerprint density at radius 1 is 1.48 bits per heavy atom. The number of thiocarbonyl (C=S) groups is 1. The minimum absolute atomic E-state index is 0.0347. The molecule has 1 aliphatic rings. The number of ether oxygens (including phenoxy) is 1. The molecular weight excluding hydrogens is 404 g/mol. The molecule has 3 rings (SSSR count). The van der Waals surface area contributed by atoms with Crippen LogP contribution < -0.4 is 10.6 Å². The third-order valence-electron chi connectivity index (χ3n) is 5.41. The normalized spacial score (nSPS) is 17.3. The number of methoxy groups -OCH3 is 1. The Balaban J connectivity index is 1.79. The average molecular weight is 435 g/mol. The van der Waals surface area contributed by atoms with E-state index in [-0.39, 0.29) is 17.4 Å². The van der Waals surface area contributed by atoms with E-state index in [4.69, 9.17) is 17.0 Å². The molecule has 0 radical (unpaired) electrons. The fourth-order valence-electron chi connectivity index (χ4n) is 3.59. The number of carbonyl (C=O) groups is 1. The minimum atomic E-state index is -0.300. The van der Waals surface area contributed by atoms with Crippen LogP contribution in [0.4, 0.5) is 5.00 Å². The molecule has 0 saturated heterocycles. The van der Waals surface area contributed by atoms with E-state index in [0.29, 0.717) is 23.1 Å². The number of thiophene rings is 1. The molecule has 0 bridgehead atoms. The lowest BCUT2D eigenvalue weighted by Gasteiger charge is -2.32. The molecule has 2 unspecified atom stereocenters. The van der Waals surface area contributed by atoms with Crippen molar-refractivity contribution < 1.29 is 9.53 Å². The van der Waals surface area contributed by atoms with Gasteiger partial charge in [-0.2, -0.15) is 5.10 Å². The second-order valence-corrected chi connectivity index (χ2v) is 10.3. The van der Waals surface area contributed by atoms with Crippen molar-refractivity contribution in [3.8, 4) is 0 Å². The number of aromatic nitrogens is 2. The number of rotatable bonds is 5. The third-order valence-corrected chi connectivity index (χ3v) is 6.80. The van der Waals surface area contributed by atoms with Crippen LogP contribution in [-0.4, -0.2) is 34.0 Å². The fraction of sp³-hybridized carbons (Fsp3) is 0.571. The van der Waals surface area contributed by atoms with E-state index in [9.17, 15) is 4.79 Å². The Bertz CT molecular complexity index is 868. The van der Waals surface area contributed by atoms with Crippen LogP contribution in [0.25, 0.3) is 0 Å². The van der Waals surface area contributed by atoms with Crippen LogP contribution in [0.1, 0.15) is 54.9 Å². The van der Waals surface area contributed by atoms with Gasteiger partial charge in [0.05, 0.1) is 25.3 Å². The minimum Gasteiger partial charge on any atom is -0.465 e. The number of anilines is 1. The largest absolute Gasteiger partial charge is 0.465 e. The van der Waals surface area contributed by atoms with Gasteiger partial charge in [0.2, 0.25) is 0 Å². The Kier molecular flexibility index (Phi) is 6.63. The van der Waals surface area contributed by atoms with E-state index in [2.05, 4.69) is 43.4 Å². The van der Waals surface area contributed by atoms with Crippen LogP contribution in [0.5, 0.6) is 0 Å². The van der Waals surface area contributed by atoms with E-state index in [1.54, 1.807) is 17.5 Å². The summed E-state index contributed by atoms with van der Waals surface area (Å²) < 4.78 is 6.97. The lowest BCUT2D eigenvalue weighted by atomic mass is 9.87. The van der Waals surface area contributed by atoms with Gasteiger partial charge in [0.1, 0.15) is 5.00 Å². The summed E-state index contributed by atoms with van der Waals surface area (Å²) in [5.41, 5.74) is 1.73. The van der Waals surface area contributed by atoms with E-state index < -0.39 is 0 Å². The summed E-state index contributed by atoms with van der Waals surface area (Å²) in [4.78, 5) is 13.8. The molecule has 8 heteroatoms. The highest BCUT2D eigenvalue weighted by atomic mass is 32.1. The van der Waals surface area contributed by atoms with Gasteiger partial charge in [-0.05, 0) is 54.4 Å². The van der Waals surface area contributed by atoms with Gasteiger partial charge in [-0.1, -0.05) is 27.7 Å². The number of fused-ring (bicyclic) bond motifs is 1. The number of esters is 1.